The molecule has 0 amide bonds. The lowest BCUT2D eigenvalue weighted by atomic mass is 9.96. The van der Waals surface area contributed by atoms with Crippen molar-refractivity contribution in [3.63, 3.8) is 0 Å². The lowest BCUT2D eigenvalue weighted by Crippen LogP contribution is -2.07. The van der Waals surface area contributed by atoms with E-state index in [0.29, 0.717) is 29.9 Å². The number of ether oxygens (including phenoxy) is 2. The van der Waals surface area contributed by atoms with Crippen molar-refractivity contribution in [2.75, 3.05) is 14.2 Å². The van der Waals surface area contributed by atoms with Gasteiger partial charge in [-0.2, -0.15) is 0 Å². The Hall–Kier alpha value is -1.91. The first-order valence-electron chi connectivity index (χ1n) is 5.75. The smallest absolute Gasteiger partial charge is 0.195 e. The van der Waals surface area contributed by atoms with Gasteiger partial charge >= 0.3 is 0 Å². The molecule has 2 rings (SSSR count). The fourth-order valence-corrected chi connectivity index (χ4v) is 2.09. The molecule has 0 aliphatic heterocycles. The van der Waals surface area contributed by atoms with E-state index in [1.165, 1.54) is 20.3 Å². The van der Waals surface area contributed by atoms with Gasteiger partial charge in [0, 0.05) is 17.6 Å². The summed E-state index contributed by atoms with van der Waals surface area (Å²) in [6.45, 7) is 0. The lowest BCUT2D eigenvalue weighted by Gasteiger charge is -2.20. The van der Waals surface area contributed by atoms with Crippen molar-refractivity contribution in [2.24, 2.45) is 0 Å². The van der Waals surface area contributed by atoms with Crippen molar-refractivity contribution in [2.45, 2.75) is 12.8 Å². The molecule has 0 fully saturated rings. The van der Waals surface area contributed by atoms with E-state index in [2.05, 4.69) is 0 Å². The van der Waals surface area contributed by atoms with Crippen LogP contribution in [0.3, 0.4) is 0 Å². The van der Waals surface area contributed by atoms with E-state index < -0.39 is 17.5 Å². The Kier molecular flexibility index (Phi) is 3.83. The number of methoxy groups -OCH3 is 2. The van der Waals surface area contributed by atoms with Crippen molar-refractivity contribution >= 4 is 5.57 Å². The van der Waals surface area contributed by atoms with E-state index in [4.69, 9.17) is 9.47 Å². The van der Waals surface area contributed by atoms with Gasteiger partial charge in [-0.05, 0) is 18.6 Å². The molecule has 1 aliphatic carbocycles. The van der Waals surface area contributed by atoms with Crippen LogP contribution in [0.1, 0.15) is 18.4 Å². The summed E-state index contributed by atoms with van der Waals surface area (Å²) in [5, 5.41) is 0. The third-order valence-electron chi connectivity index (χ3n) is 2.99. The van der Waals surface area contributed by atoms with Crippen LogP contribution < -0.4 is 0 Å². The number of allylic oxidation sites excluding steroid dienone is 3. The van der Waals surface area contributed by atoms with Crippen LogP contribution >= 0.6 is 0 Å². The van der Waals surface area contributed by atoms with Crippen molar-refractivity contribution in [3.8, 4) is 0 Å². The number of hydrogen-bond acceptors (Lipinski definition) is 2. The van der Waals surface area contributed by atoms with Crippen LogP contribution in [-0.4, -0.2) is 14.2 Å². The summed E-state index contributed by atoms with van der Waals surface area (Å²) in [4.78, 5) is 0. The quantitative estimate of drug-likeness (QED) is 0.778. The number of halogens is 3. The van der Waals surface area contributed by atoms with Crippen LogP contribution in [-0.2, 0) is 9.47 Å². The first kappa shape index (κ1) is 13.5. The summed E-state index contributed by atoms with van der Waals surface area (Å²) in [5.74, 6) is -3.02. The van der Waals surface area contributed by atoms with Gasteiger partial charge in [0.25, 0.3) is 0 Å². The maximum absolute atomic E-state index is 13.8. The minimum Gasteiger partial charge on any atom is -0.497 e. The Balaban J connectivity index is 2.56. The summed E-state index contributed by atoms with van der Waals surface area (Å²) < 4.78 is 50.4. The monoisotopic (exact) mass is 270 g/mol. The molecule has 2 nitrogen and oxygen atoms in total. The Bertz CT molecular complexity index is 562. The molecule has 0 radical (unpaired) electrons. The maximum atomic E-state index is 13.8. The summed E-state index contributed by atoms with van der Waals surface area (Å²) >= 11 is 0. The Morgan fingerprint density at radius 3 is 2.37 bits per heavy atom. The van der Waals surface area contributed by atoms with Crippen molar-refractivity contribution < 1.29 is 22.6 Å². The molecule has 102 valence electrons. The third-order valence-corrected chi connectivity index (χ3v) is 2.99. The molecule has 1 aromatic rings. The largest absolute Gasteiger partial charge is 0.497 e. The van der Waals surface area contributed by atoms with Crippen LogP contribution in [0.25, 0.3) is 5.57 Å². The topological polar surface area (TPSA) is 18.5 Å². The van der Waals surface area contributed by atoms with E-state index in [9.17, 15) is 13.2 Å². The first-order chi connectivity index (χ1) is 9.10. The molecule has 0 bridgehead atoms. The van der Waals surface area contributed by atoms with Gasteiger partial charge in [0.15, 0.2) is 23.2 Å². The SMILES string of the molecule is COC1=C(OC)C(c2ccc(F)c(F)c2F)=CCC1. The maximum Gasteiger partial charge on any atom is 0.195 e. The fourth-order valence-electron chi connectivity index (χ4n) is 2.09. The van der Waals surface area contributed by atoms with Gasteiger partial charge in [-0.15, -0.1) is 0 Å². The minimum atomic E-state index is -1.49. The second kappa shape index (κ2) is 5.38. The molecule has 0 saturated carbocycles. The predicted octanol–water partition coefficient (Wildman–Crippen LogP) is 3.79. The third kappa shape index (κ3) is 2.32. The van der Waals surface area contributed by atoms with Crippen molar-refractivity contribution in [3.05, 3.63) is 52.7 Å². The molecule has 0 aromatic heterocycles. The second-order valence-corrected chi connectivity index (χ2v) is 4.04. The van der Waals surface area contributed by atoms with E-state index in [0.717, 1.165) is 6.07 Å². The van der Waals surface area contributed by atoms with Crippen LogP contribution in [0, 0.1) is 17.5 Å². The Morgan fingerprint density at radius 2 is 1.74 bits per heavy atom. The van der Waals surface area contributed by atoms with Gasteiger partial charge in [-0.1, -0.05) is 6.08 Å². The van der Waals surface area contributed by atoms with Crippen LogP contribution in [0.15, 0.2) is 29.7 Å². The van der Waals surface area contributed by atoms with E-state index >= 15 is 0 Å². The zero-order valence-electron chi connectivity index (χ0n) is 10.6. The highest BCUT2D eigenvalue weighted by atomic mass is 19.2. The van der Waals surface area contributed by atoms with Crippen LogP contribution in [0.5, 0.6) is 0 Å². The van der Waals surface area contributed by atoms with E-state index in [1.54, 1.807) is 6.08 Å². The number of benzene rings is 1. The number of hydrogen-bond donors (Lipinski definition) is 0. The molecular formula is C14H13F3O2. The second-order valence-electron chi connectivity index (χ2n) is 4.04. The van der Waals surface area contributed by atoms with Crippen molar-refractivity contribution in [1.82, 2.24) is 0 Å². The minimum absolute atomic E-state index is 0.0370. The zero-order chi connectivity index (χ0) is 14.0. The fraction of sp³-hybridized carbons (Fsp3) is 0.286. The molecule has 0 N–H and O–H groups in total. The molecule has 0 heterocycles. The Morgan fingerprint density at radius 1 is 1.00 bits per heavy atom. The molecule has 0 unspecified atom stereocenters. The molecule has 0 atom stereocenters. The summed E-state index contributed by atoms with van der Waals surface area (Å²) in [6.07, 6.45) is 2.95. The van der Waals surface area contributed by atoms with Crippen LogP contribution in [0.4, 0.5) is 13.2 Å². The average molecular weight is 270 g/mol. The molecule has 1 aromatic carbocycles. The molecule has 0 spiro atoms. The van der Waals surface area contributed by atoms with E-state index in [1.807, 2.05) is 0 Å². The average Bonchev–Trinajstić information content (AvgIpc) is 2.44. The molecule has 5 heteroatoms. The van der Waals surface area contributed by atoms with Gasteiger partial charge in [0.1, 0.15) is 5.76 Å². The highest BCUT2D eigenvalue weighted by Crippen LogP contribution is 2.35. The van der Waals surface area contributed by atoms with Crippen LogP contribution in [0.2, 0.25) is 0 Å². The summed E-state index contributed by atoms with van der Waals surface area (Å²) in [6, 6.07) is 2.08. The van der Waals surface area contributed by atoms with Gasteiger partial charge in [-0.25, -0.2) is 13.2 Å². The highest BCUT2D eigenvalue weighted by Gasteiger charge is 2.24. The standard InChI is InChI=1S/C14H13F3O2/c1-18-11-5-3-4-9(14(11)19-2)8-6-7-10(15)13(17)12(8)16/h4,6-7H,3,5H2,1-2H3. The summed E-state index contributed by atoms with van der Waals surface area (Å²) in [7, 11) is 2.91. The molecular weight excluding hydrogens is 257 g/mol. The van der Waals surface area contributed by atoms with Gasteiger partial charge in [-0.3, -0.25) is 0 Å². The molecule has 19 heavy (non-hydrogen) atoms. The van der Waals surface area contributed by atoms with Crippen molar-refractivity contribution in [1.29, 1.82) is 0 Å². The first-order valence-corrected chi connectivity index (χ1v) is 5.75. The normalized spacial score (nSPS) is 15.3. The zero-order valence-corrected chi connectivity index (χ0v) is 10.6. The lowest BCUT2D eigenvalue weighted by molar-refractivity contribution is 0.221. The van der Waals surface area contributed by atoms with Gasteiger partial charge < -0.3 is 9.47 Å². The highest BCUT2D eigenvalue weighted by molar-refractivity contribution is 5.79. The predicted molar refractivity (Wildman–Crippen MR) is 64.6 cm³/mol. The van der Waals surface area contributed by atoms with Gasteiger partial charge in [0.05, 0.1) is 14.2 Å². The molecule has 1 aliphatic rings. The van der Waals surface area contributed by atoms with Gasteiger partial charge in [0.2, 0.25) is 0 Å². The summed E-state index contributed by atoms with van der Waals surface area (Å²) in [5.41, 5.74) is 0.340. The Labute approximate surface area is 109 Å². The van der Waals surface area contributed by atoms with E-state index in [-0.39, 0.29) is 5.56 Å². The molecule has 0 saturated heterocycles. The number of rotatable bonds is 3.